The van der Waals surface area contributed by atoms with Gasteiger partial charge >= 0.3 is 0 Å². The summed E-state index contributed by atoms with van der Waals surface area (Å²) in [5.41, 5.74) is 4.61. The third-order valence-electron chi connectivity index (χ3n) is 2.57. The minimum atomic E-state index is 0.770. The monoisotopic (exact) mass is 215 g/mol. The van der Waals surface area contributed by atoms with Crippen LogP contribution < -0.4 is 5.32 Å². The molecule has 0 aliphatic heterocycles. The number of aryl methyl sites for hydroxylation is 2. The van der Waals surface area contributed by atoms with Crippen LogP contribution >= 0.6 is 0 Å². The summed E-state index contributed by atoms with van der Waals surface area (Å²) in [7, 11) is 1.92. The topological polar surface area (TPSA) is 40.7 Å². The highest BCUT2D eigenvalue weighted by molar-refractivity contribution is 5.62. The lowest BCUT2D eigenvalue weighted by molar-refractivity contribution is 0.770. The first-order chi connectivity index (χ1) is 7.70. The summed E-state index contributed by atoms with van der Waals surface area (Å²) in [5.74, 6) is 0.983. The van der Waals surface area contributed by atoms with Crippen LogP contribution in [-0.4, -0.2) is 17.0 Å². The van der Waals surface area contributed by atoms with Gasteiger partial charge in [-0.05, 0) is 27.0 Å². The van der Waals surface area contributed by atoms with E-state index >= 15 is 0 Å². The average molecular weight is 215 g/mol. The molecular formula is C13H17N3. The highest BCUT2D eigenvalue weighted by Gasteiger charge is 2.08. The summed E-state index contributed by atoms with van der Waals surface area (Å²) in [4.78, 5) is 7.88. The van der Waals surface area contributed by atoms with Gasteiger partial charge in [0.2, 0.25) is 0 Å². The van der Waals surface area contributed by atoms with Crippen molar-refractivity contribution in [1.29, 1.82) is 0 Å². The number of nitrogens with zero attached hydrogens (tertiary/aromatic N) is 1. The second-order valence-electron chi connectivity index (χ2n) is 4.06. The van der Waals surface area contributed by atoms with Crippen molar-refractivity contribution in [3.8, 4) is 11.3 Å². The van der Waals surface area contributed by atoms with Gasteiger partial charge in [-0.3, -0.25) is 0 Å². The van der Waals surface area contributed by atoms with Crippen molar-refractivity contribution in [2.75, 3.05) is 7.05 Å². The number of hydrogen-bond acceptors (Lipinski definition) is 2. The van der Waals surface area contributed by atoms with E-state index in [1.54, 1.807) is 0 Å². The van der Waals surface area contributed by atoms with Crippen molar-refractivity contribution in [3.63, 3.8) is 0 Å². The van der Waals surface area contributed by atoms with E-state index in [1.807, 2.05) is 7.05 Å². The van der Waals surface area contributed by atoms with E-state index in [9.17, 15) is 0 Å². The van der Waals surface area contributed by atoms with Gasteiger partial charge in [-0.1, -0.05) is 23.8 Å². The van der Waals surface area contributed by atoms with Crippen molar-refractivity contribution >= 4 is 0 Å². The molecule has 0 saturated heterocycles. The molecule has 0 unspecified atom stereocenters. The van der Waals surface area contributed by atoms with Gasteiger partial charge in [0.1, 0.15) is 5.82 Å². The minimum Gasteiger partial charge on any atom is -0.344 e. The molecular weight excluding hydrogens is 198 g/mol. The van der Waals surface area contributed by atoms with E-state index in [0.717, 1.165) is 23.8 Å². The summed E-state index contributed by atoms with van der Waals surface area (Å²) in [6.07, 6.45) is 0. The van der Waals surface area contributed by atoms with Crippen molar-refractivity contribution in [1.82, 2.24) is 15.3 Å². The maximum atomic E-state index is 4.59. The first-order valence-corrected chi connectivity index (χ1v) is 5.48. The van der Waals surface area contributed by atoms with Crippen LogP contribution in [-0.2, 0) is 6.54 Å². The maximum absolute atomic E-state index is 4.59. The van der Waals surface area contributed by atoms with E-state index in [1.165, 1.54) is 11.1 Å². The lowest BCUT2D eigenvalue weighted by atomic mass is 10.1. The third kappa shape index (κ3) is 2.14. The molecule has 0 fully saturated rings. The molecule has 1 heterocycles. The summed E-state index contributed by atoms with van der Waals surface area (Å²) in [6.45, 7) is 4.93. The quantitative estimate of drug-likeness (QED) is 0.825. The number of aromatic nitrogens is 2. The largest absolute Gasteiger partial charge is 0.344 e. The number of H-pyrrole nitrogens is 1. The zero-order valence-electron chi connectivity index (χ0n) is 9.96. The Kier molecular flexibility index (Phi) is 3.06. The predicted octanol–water partition coefficient (Wildman–Crippen LogP) is 2.41. The summed E-state index contributed by atoms with van der Waals surface area (Å²) in [6, 6.07) is 8.42. The molecule has 0 bridgehead atoms. The number of rotatable bonds is 3. The zero-order valence-corrected chi connectivity index (χ0v) is 9.96. The highest BCUT2D eigenvalue weighted by atomic mass is 15.0. The van der Waals surface area contributed by atoms with Crippen LogP contribution in [0.15, 0.2) is 24.3 Å². The van der Waals surface area contributed by atoms with Crippen molar-refractivity contribution in [2.45, 2.75) is 20.4 Å². The predicted molar refractivity (Wildman–Crippen MR) is 66.3 cm³/mol. The van der Waals surface area contributed by atoms with Crippen molar-refractivity contribution in [2.24, 2.45) is 0 Å². The Hall–Kier alpha value is -1.61. The summed E-state index contributed by atoms with van der Waals surface area (Å²) >= 11 is 0. The number of imidazole rings is 1. The number of nitrogens with one attached hydrogen (secondary N) is 2. The molecule has 0 saturated carbocycles. The zero-order chi connectivity index (χ0) is 11.5. The average Bonchev–Trinajstić information content (AvgIpc) is 2.60. The van der Waals surface area contributed by atoms with Gasteiger partial charge in [-0.25, -0.2) is 4.98 Å². The molecule has 0 atom stereocenters. The SMILES string of the molecule is CNCc1nc(-c2cccc(C)c2)c(C)[nH]1. The van der Waals surface area contributed by atoms with Crippen molar-refractivity contribution in [3.05, 3.63) is 41.3 Å². The first kappa shape index (κ1) is 10.9. The Bertz CT molecular complexity index is 486. The van der Waals surface area contributed by atoms with Crippen LogP contribution in [0.25, 0.3) is 11.3 Å². The Morgan fingerprint density at radius 3 is 2.81 bits per heavy atom. The second-order valence-corrected chi connectivity index (χ2v) is 4.06. The maximum Gasteiger partial charge on any atom is 0.121 e. The van der Waals surface area contributed by atoms with Gasteiger partial charge < -0.3 is 10.3 Å². The molecule has 0 radical (unpaired) electrons. The second kappa shape index (κ2) is 4.49. The molecule has 2 aromatic rings. The molecule has 1 aromatic heterocycles. The Balaban J connectivity index is 2.40. The fourth-order valence-corrected chi connectivity index (χ4v) is 1.85. The molecule has 3 nitrogen and oxygen atoms in total. The smallest absolute Gasteiger partial charge is 0.121 e. The number of aromatic amines is 1. The standard InChI is InChI=1S/C13H17N3/c1-9-5-4-6-11(7-9)13-10(2)15-12(16-13)8-14-3/h4-7,14H,8H2,1-3H3,(H,15,16). The van der Waals surface area contributed by atoms with Gasteiger partial charge in [0.15, 0.2) is 0 Å². The van der Waals surface area contributed by atoms with Crippen LogP contribution in [0, 0.1) is 13.8 Å². The van der Waals surface area contributed by atoms with Gasteiger partial charge in [0, 0.05) is 11.3 Å². The normalized spacial score (nSPS) is 10.7. The molecule has 0 aliphatic rings. The van der Waals surface area contributed by atoms with E-state index < -0.39 is 0 Å². The van der Waals surface area contributed by atoms with E-state index in [-0.39, 0.29) is 0 Å². The third-order valence-corrected chi connectivity index (χ3v) is 2.57. The summed E-state index contributed by atoms with van der Waals surface area (Å²) in [5, 5.41) is 3.09. The molecule has 16 heavy (non-hydrogen) atoms. The Morgan fingerprint density at radius 1 is 1.31 bits per heavy atom. The molecule has 84 valence electrons. The fraction of sp³-hybridized carbons (Fsp3) is 0.308. The highest BCUT2D eigenvalue weighted by Crippen LogP contribution is 2.21. The molecule has 0 amide bonds. The lowest BCUT2D eigenvalue weighted by Crippen LogP contribution is -2.06. The molecule has 0 aliphatic carbocycles. The van der Waals surface area contributed by atoms with Crippen LogP contribution in [0.4, 0.5) is 0 Å². The minimum absolute atomic E-state index is 0.770. The molecule has 2 N–H and O–H groups in total. The number of benzene rings is 1. The Labute approximate surface area is 95.9 Å². The number of hydrogen-bond donors (Lipinski definition) is 2. The summed E-state index contributed by atoms with van der Waals surface area (Å²) < 4.78 is 0. The molecule has 0 spiro atoms. The Morgan fingerprint density at radius 2 is 2.12 bits per heavy atom. The van der Waals surface area contributed by atoms with Crippen molar-refractivity contribution < 1.29 is 0 Å². The van der Waals surface area contributed by atoms with Crippen LogP contribution in [0.2, 0.25) is 0 Å². The molecule has 1 aromatic carbocycles. The molecule has 2 rings (SSSR count). The van der Waals surface area contributed by atoms with E-state index in [2.05, 4.69) is 53.4 Å². The lowest BCUT2D eigenvalue weighted by Gasteiger charge is -1.99. The van der Waals surface area contributed by atoms with Gasteiger partial charge in [0.05, 0.1) is 12.2 Å². The van der Waals surface area contributed by atoms with Gasteiger partial charge in [-0.2, -0.15) is 0 Å². The molecule has 3 heteroatoms. The van der Waals surface area contributed by atoms with E-state index in [0.29, 0.717) is 0 Å². The van der Waals surface area contributed by atoms with Gasteiger partial charge in [-0.15, -0.1) is 0 Å². The van der Waals surface area contributed by atoms with E-state index in [4.69, 9.17) is 0 Å². The van der Waals surface area contributed by atoms with Gasteiger partial charge in [0.25, 0.3) is 0 Å². The first-order valence-electron chi connectivity index (χ1n) is 5.48. The fourth-order valence-electron chi connectivity index (χ4n) is 1.85. The van der Waals surface area contributed by atoms with Crippen LogP contribution in [0.1, 0.15) is 17.1 Å². The van der Waals surface area contributed by atoms with Crippen LogP contribution in [0.5, 0.6) is 0 Å². The van der Waals surface area contributed by atoms with Crippen LogP contribution in [0.3, 0.4) is 0 Å².